The third-order valence-electron chi connectivity index (χ3n) is 5.30. The smallest absolute Gasteiger partial charge is 0.341 e. The van der Waals surface area contributed by atoms with Crippen LogP contribution in [-0.2, 0) is 23.0 Å². The molecule has 0 radical (unpaired) electrons. The molecular weight excluding hydrogens is 484 g/mol. The molecule has 0 aliphatic rings. The van der Waals surface area contributed by atoms with Crippen molar-refractivity contribution in [2.24, 2.45) is 7.05 Å². The number of nitrogens with zero attached hydrogens (tertiary/aromatic N) is 3. The Hall–Kier alpha value is -2.85. The Bertz CT molecular complexity index is 1150. The number of anilines is 1. The summed E-state index contributed by atoms with van der Waals surface area (Å²) in [5.41, 5.74) is 1.64. The van der Waals surface area contributed by atoms with Gasteiger partial charge in [-0.15, -0.1) is 21.5 Å². The Morgan fingerprint density at radius 3 is 2.49 bits per heavy atom. The van der Waals surface area contributed by atoms with Gasteiger partial charge in [-0.3, -0.25) is 4.79 Å². The van der Waals surface area contributed by atoms with E-state index in [4.69, 9.17) is 9.47 Å². The van der Waals surface area contributed by atoms with Crippen LogP contribution in [0.1, 0.15) is 73.3 Å². The van der Waals surface area contributed by atoms with Crippen LogP contribution in [0.5, 0.6) is 5.75 Å². The molecule has 1 unspecified atom stereocenters. The van der Waals surface area contributed by atoms with Crippen LogP contribution in [0.15, 0.2) is 35.5 Å². The molecule has 0 fully saturated rings. The summed E-state index contributed by atoms with van der Waals surface area (Å²) in [5, 5.41) is 12.5. The van der Waals surface area contributed by atoms with Crippen molar-refractivity contribution in [1.82, 2.24) is 14.8 Å². The lowest BCUT2D eigenvalue weighted by molar-refractivity contribution is -0.113. The molecule has 0 bridgehead atoms. The molecule has 0 aliphatic carbocycles. The van der Waals surface area contributed by atoms with Crippen LogP contribution in [0.25, 0.3) is 0 Å². The monoisotopic (exact) mass is 516 g/mol. The Balaban J connectivity index is 1.60. The lowest BCUT2D eigenvalue weighted by atomic mass is 10.0. The fourth-order valence-electron chi connectivity index (χ4n) is 3.36. The van der Waals surface area contributed by atoms with Crippen molar-refractivity contribution in [2.45, 2.75) is 58.2 Å². The number of aryl methyl sites for hydroxylation is 1. The molecule has 1 atom stereocenters. The Kier molecular flexibility index (Phi) is 9.33. The summed E-state index contributed by atoms with van der Waals surface area (Å²) in [6, 6.07) is 9.82. The number of amides is 1. The van der Waals surface area contributed by atoms with E-state index in [2.05, 4.69) is 41.5 Å². The molecule has 3 aromatic rings. The fourth-order valence-corrected chi connectivity index (χ4v) is 5.07. The number of thioether (sulfide) groups is 1. The Morgan fingerprint density at radius 2 is 1.86 bits per heavy atom. The number of nitrogens with one attached hydrogen (secondary N) is 1. The van der Waals surface area contributed by atoms with Crippen LogP contribution >= 0.6 is 23.1 Å². The molecule has 0 saturated carbocycles. The highest BCUT2D eigenvalue weighted by Gasteiger charge is 2.21. The zero-order valence-corrected chi connectivity index (χ0v) is 22.6. The van der Waals surface area contributed by atoms with Gasteiger partial charge in [-0.25, -0.2) is 4.79 Å². The number of carbonyl (C=O) groups excluding carboxylic acids is 2. The maximum absolute atomic E-state index is 12.6. The minimum atomic E-state index is -0.433. The summed E-state index contributed by atoms with van der Waals surface area (Å²) in [5.74, 6) is 1.35. The van der Waals surface area contributed by atoms with E-state index in [0.717, 1.165) is 17.0 Å². The quantitative estimate of drug-likeness (QED) is 0.261. The van der Waals surface area contributed by atoms with Gasteiger partial charge < -0.3 is 19.4 Å². The first kappa shape index (κ1) is 26.7. The third kappa shape index (κ3) is 6.85. The molecule has 1 amide bonds. The number of hydrogen-bond donors (Lipinski definition) is 1. The molecule has 0 saturated heterocycles. The first-order valence-corrected chi connectivity index (χ1v) is 13.4. The molecule has 8 nitrogen and oxygen atoms in total. The number of thiophene rings is 1. The summed E-state index contributed by atoms with van der Waals surface area (Å²) in [6.07, 6.45) is 0.456. The summed E-state index contributed by atoms with van der Waals surface area (Å²) in [4.78, 5) is 25.9. The summed E-state index contributed by atoms with van der Waals surface area (Å²) < 4.78 is 13.0. The highest BCUT2D eigenvalue weighted by molar-refractivity contribution is 7.99. The second-order valence-corrected chi connectivity index (χ2v) is 10.3. The lowest BCUT2D eigenvalue weighted by Crippen LogP contribution is -2.16. The molecule has 1 N–H and O–H groups in total. The van der Waals surface area contributed by atoms with Crippen molar-refractivity contribution in [2.75, 3.05) is 17.7 Å². The van der Waals surface area contributed by atoms with Crippen LogP contribution in [-0.4, -0.2) is 39.0 Å². The number of esters is 1. The molecule has 0 aliphatic heterocycles. The SMILES string of the molecule is CCOC(=O)c1cc(CC)sc1NC(=O)CSc1nnc(C(C)Oc2ccc(C(C)C)cc2)n1C. The second kappa shape index (κ2) is 12.2. The van der Waals surface area contributed by atoms with Gasteiger partial charge in [-0.1, -0.05) is 44.7 Å². The van der Waals surface area contributed by atoms with Gasteiger partial charge in [0.05, 0.1) is 17.9 Å². The van der Waals surface area contributed by atoms with Gasteiger partial charge in [-0.05, 0) is 49.9 Å². The van der Waals surface area contributed by atoms with Gasteiger partial charge in [0.15, 0.2) is 17.1 Å². The first-order chi connectivity index (χ1) is 16.7. The van der Waals surface area contributed by atoms with Crippen molar-refractivity contribution >= 4 is 40.0 Å². The van der Waals surface area contributed by atoms with E-state index >= 15 is 0 Å². The highest BCUT2D eigenvalue weighted by Crippen LogP contribution is 2.30. The van der Waals surface area contributed by atoms with Crippen molar-refractivity contribution in [3.8, 4) is 5.75 Å². The van der Waals surface area contributed by atoms with Gasteiger partial charge >= 0.3 is 5.97 Å². The van der Waals surface area contributed by atoms with Crippen LogP contribution in [0.3, 0.4) is 0 Å². The van der Waals surface area contributed by atoms with Crippen LogP contribution in [0.2, 0.25) is 0 Å². The molecule has 2 heterocycles. The second-order valence-electron chi connectivity index (χ2n) is 8.25. The highest BCUT2D eigenvalue weighted by atomic mass is 32.2. The van der Waals surface area contributed by atoms with E-state index in [1.807, 2.05) is 37.6 Å². The summed E-state index contributed by atoms with van der Waals surface area (Å²) in [7, 11) is 1.85. The summed E-state index contributed by atoms with van der Waals surface area (Å²) in [6.45, 7) is 10.3. The molecule has 10 heteroatoms. The molecule has 1 aromatic carbocycles. The van der Waals surface area contributed by atoms with Gasteiger partial charge in [0.1, 0.15) is 10.8 Å². The zero-order chi connectivity index (χ0) is 25.5. The maximum atomic E-state index is 12.6. The topological polar surface area (TPSA) is 95.3 Å². The molecular formula is C25H32N4O4S2. The maximum Gasteiger partial charge on any atom is 0.341 e. The molecule has 0 spiro atoms. The van der Waals surface area contributed by atoms with E-state index in [-0.39, 0.29) is 24.4 Å². The van der Waals surface area contributed by atoms with Crippen molar-refractivity contribution in [1.29, 1.82) is 0 Å². The molecule has 35 heavy (non-hydrogen) atoms. The molecule has 188 valence electrons. The van der Waals surface area contributed by atoms with E-state index < -0.39 is 5.97 Å². The molecule has 3 rings (SSSR count). The van der Waals surface area contributed by atoms with Crippen LogP contribution in [0, 0.1) is 0 Å². The number of aromatic nitrogens is 3. The normalized spacial score (nSPS) is 12.0. The number of hydrogen-bond acceptors (Lipinski definition) is 8. The lowest BCUT2D eigenvalue weighted by Gasteiger charge is -2.15. The van der Waals surface area contributed by atoms with E-state index in [0.29, 0.717) is 27.5 Å². The van der Waals surface area contributed by atoms with Gasteiger partial charge in [0, 0.05) is 11.9 Å². The largest absolute Gasteiger partial charge is 0.483 e. The Labute approximate surface area is 214 Å². The fraction of sp³-hybridized carbons (Fsp3) is 0.440. The minimum Gasteiger partial charge on any atom is -0.483 e. The van der Waals surface area contributed by atoms with E-state index in [1.54, 1.807) is 13.0 Å². The zero-order valence-electron chi connectivity index (χ0n) is 21.0. The minimum absolute atomic E-state index is 0.125. The van der Waals surface area contributed by atoms with Crippen molar-refractivity contribution < 1.29 is 19.1 Å². The standard InChI is InChI=1S/C25H32N4O4S2/c1-7-19-13-20(24(31)32-8-2)23(35-19)26-21(30)14-34-25-28-27-22(29(25)6)16(5)33-18-11-9-17(10-12-18)15(3)4/h9-13,15-16H,7-8,14H2,1-6H3,(H,26,30). The predicted octanol–water partition coefficient (Wildman–Crippen LogP) is 5.61. The van der Waals surface area contributed by atoms with Gasteiger partial charge in [0.25, 0.3) is 0 Å². The summed E-state index contributed by atoms with van der Waals surface area (Å²) >= 11 is 2.66. The third-order valence-corrected chi connectivity index (χ3v) is 7.52. The average molecular weight is 517 g/mol. The first-order valence-electron chi connectivity index (χ1n) is 11.6. The molecule has 2 aromatic heterocycles. The number of ether oxygens (including phenoxy) is 2. The number of benzene rings is 1. The van der Waals surface area contributed by atoms with Crippen molar-refractivity contribution in [3.63, 3.8) is 0 Å². The van der Waals surface area contributed by atoms with Gasteiger partial charge in [-0.2, -0.15) is 0 Å². The van der Waals surface area contributed by atoms with Gasteiger partial charge in [0.2, 0.25) is 5.91 Å². The van der Waals surface area contributed by atoms with Crippen molar-refractivity contribution in [3.05, 3.63) is 52.2 Å². The van der Waals surface area contributed by atoms with E-state index in [9.17, 15) is 9.59 Å². The predicted molar refractivity (Wildman–Crippen MR) is 140 cm³/mol. The Morgan fingerprint density at radius 1 is 1.14 bits per heavy atom. The van der Waals surface area contributed by atoms with Crippen LogP contribution in [0.4, 0.5) is 5.00 Å². The van der Waals surface area contributed by atoms with E-state index in [1.165, 1.54) is 28.7 Å². The number of carbonyl (C=O) groups is 2. The number of rotatable bonds is 11. The average Bonchev–Trinajstić information content (AvgIpc) is 3.41. The van der Waals surface area contributed by atoms with Crippen LogP contribution < -0.4 is 10.1 Å².